The van der Waals surface area contributed by atoms with Gasteiger partial charge in [-0.3, -0.25) is 9.80 Å². The van der Waals surface area contributed by atoms with E-state index >= 15 is 0 Å². The van der Waals surface area contributed by atoms with Gasteiger partial charge in [-0.15, -0.1) is 0 Å². The largest absolute Gasteiger partial charge is 0.297 e. The summed E-state index contributed by atoms with van der Waals surface area (Å²) in [5, 5.41) is 5.52. The van der Waals surface area contributed by atoms with E-state index in [2.05, 4.69) is 46.1 Å². The van der Waals surface area contributed by atoms with E-state index in [1.54, 1.807) is 11.3 Å². The average Bonchev–Trinajstić information content (AvgIpc) is 2.79. The molecule has 1 aromatic heterocycles. The molecule has 1 fully saturated rings. The van der Waals surface area contributed by atoms with Gasteiger partial charge in [0.2, 0.25) is 0 Å². The molecule has 0 saturated carbocycles. The van der Waals surface area contributed by atoms with Crippen molar-refractivity contribution in [2.45, 2.75) is 27.1 Å². The van der Waals surface area contributed by atoms with E-state index in [0.717, 1.165) is 48.4 Å². The first-order valence-corrected chi connectivity index (χ1v) is 8.87. The minimum Gasteiger partial charge on any atom is -0.297 e. The van der Waals surface area contributed by atoms with E-state index in [1.165, 1.54) is 11.1 Å². The zero-order valence-electron chi connectivity index (χ0n) is 13.2. The highest BCUT2D eigenvalue weighted by Gasteiger charge is 2.17. The fourth-order valence-corrected chi connectivity index (χ4v) is 3.90. The second kappa shape index (κ2) is 7.00. The zero-order chi connectivity index (χ0) is 15.5. The van der Waals surface area contributed by atoms with Crippen LogP contribution >= 0.6 is 23.6 Å². The fourth-order valence-electron chi connectivity index (χ4n) is 2.85. The summed E-state index contributed by atoms with van der Waals surface area (Å²) >= 11 is 6.94. The number of aryl methyl sites for hydroxylation is 2. The van der Waals surface area contributed by atoms with E-state index in [9.17, 15) is 0 Å². The first kappa shape index (κ1) is 15.8. The molecule has 0 N–H and O–H groups in total. The molecule has 3 rings (SSSR count). The van der Waals surface area contributed by atoms with Crippen molar-refractivity contribution < 1.29 is 0 Å². The molecule has 0 atom stereocenters. The molecule has 0 unspecified atom stereocenters. The predicted octanol–water partition coefficient (Wildman–Crippen LogP) is 3.07. The SMILES string of the molecule is Cc1cccc(CN2CCN(Cn3nc(C)sc3=S)CC2)c1. The van der Waals surface area contributed by atoms with Gasteiger partial charge in [0.05, 0.1) is 6.67 Å². The van der Waals surface area contributed by atoms with Gasteiger partial charge in [-0.1, -0.05) is 41.2 Å². The Labute approximate surface area is 141 Å². The van der Waals surface area contributed by atoms with Gasteiger partial charge in [0.25, 0.3) is 0 Å². The maximum atomic E-state index is 5.35. The third kappa shape index (κ3) is 4.01. The van der Waals surface area contributed by atoms with Crippen LogP contribution in [0.1, 0.15) is 16.1 Å². The van der Waals surface area contributed by atoms with Crippen molar-refractivity contribution in [3.8, 4) is 0 Å². The van der Waals surface area contributed by atoms with Gasteiger partial charge in [-0.2, -0.15) is 5.10 Å². The van der Waals surface area contributed by atoms with E-state index < -0.39 is 0 Å². The second-order valence-corrected chi connectivity index (χ2v) is 7.74. The molecule has 0 radical (unpaired) electrons. The average molecular weight is 335 g/mol. The summed E-state index contributed by atoms with van der Waals surface area (Å²) in [6, 6.07) is 8.80. The van der Waals surface area contributed by atoms with Crippen molar-refractivity contribution >= 4 is 23.6 Å². The molecule has 0 amide bonds. The van der Waals surface area contributed by atoms with Crippen LogP contribution in [0, 0.1) is 17.8 Å². The van der Waals surface area contributed by atoms with Crippen LogP contribution in [0.3, 0.4) is 0 Å². The van der Waals surface area contributed by atoms with Crippen molar-refractivity contribution in [3.63, 3.8) is 0 Å². The summed E-state index contributed by atoms with van der Waals surface area (Å²) in [4.78, 5) is 4.96. The Morgan fingerprint density at radius 1 is 1.14 bits per heavy atom. The van der Waals surface area contributed by atoms with Gasteiger partial charge < -0.3 is 0 Å². The minimum atomic E-state index is 0.821. The van der Waals surface area contributed by atoms with Gasteiger partial charge in [-0.05, 0) is 31.6 Å². The molecular formula is C16H22N4S2. The summed E-state index contributed by atoms with van der Waals surface area (Å²) < 4.78 is 2.82. The number of rotatable bonds is 4. The standard InChI is InChI=1S/C16H22N4S2/c1-13-4-3-5-15(10-13)11-18-6-8-19(9-7-18)12-20-16(21)22-14(2)17-20/h3-5,10H,6-9,11-12H2,1-2H3. The third-order valence-corrected chi connectivity index (χ3v) is 5.22. The number of hydrogen-bond acceptors (Lipinski definition) is 5. The molecule has 1 aliphatic rings. The number of piperazine rings is 1. The molecule has 118 valence electrons. The van der Waals surface area contributed by atoms with Gasteiger partial charge >= 0.3 is 0 Å². The topological polar surface area (TPSA) is 24.3 Å². The summed E-state index contributed by atoms with van der Waals surface area (Å²) in [6.07, 6.45) is 0. The smallest absolute Gasteiger partial charge is 0.180 e. The van der Waals surface area contributed by atoms with E-state index in [1.807, 2.05) is 11.6 Å². The lowest BCUT2D eigenvalue weighted by atomic mass is 10.1. The molecule has 1 aliphatic heterocycles. The van der Waals surface area contributed by atoms with Crippen molar-refractivity contribution in [2.75, 3.05) is 26.2 Å². The Balaban J connectivity index is 1.52. The normalized spacial score (nSPS) is 17.0. The molecule has 22 heavy (non-hydrogen) atoms. The first-order chi connectivity index (χ1) is 10.6. The summed E-state index contributed by atoms with van der Waals surface area (Å²) in [5.41, 5.74) is 2.75. The van der Waals surface area contributed by atoms with Crippen molar-refractivity contribution in [3.05, 3.63) is 44.4 Å². The predicted molar refractivity (Wildman–Crippen MR) is 93.7 cm³/mol. The van der Waals surface area contributed by atoms with E-state index in [0.29, 0.717) is 0 Å². The summed E-state index contributed by atoms with van der Waals surface area (Å²) in [7, 11) is 0. The molecular weight excluding hydrogens is 312 g/mol. The van der Waals surface area contributed by atoms with Crippen LogP contribution in [0.2, 0.25) is 0 Å². The Hall–Kier alpha value is -1.08. The molecule has 0 aliphatic carbocycles. The number of nitrogens with zero attached hydrogens (tertiary/aromatic N) is 4. The monoisotopic (exact) mass is 334 g/mol. The van der Waals surface area contributed by atoms with Crippen molar-refractivity contribution in [1.82, 2.24) is 19.6 Å². The van der Waals surface area contributed by atoms with Gasteiger partial charge in [0, 0.05) is 32.7 Å². The highest BCUT2D eigenvalue weighted by Crippen LogP contribution is 2.12. The van der Waals surface area contributed by atoms with Crippen molar-refractivity contribution in [2.24, 2.45) is 0 Å². The van der Waals surface area contributed by atoms with E-state index in [-0.39, 0.29) is 0 Å². The van der Waals surface area contributed by atoms with Gasteiger partial charge in [0.15, 0.2) is 3.95 Å². The van der Waals surface area contributed by atoms with Gasteiger partial charge in [0.1, 0.15) is 5.01 Å². The Bertz CT molecular complexity index is 683. The van der Waals surface area contributed by atoms with Gasteiger partial charge in [-0.25, -0.2) is 4.68 Å². The lowest BCUT2D eigenvalue weighted by Crippen LogP contribution is -2.46. The summed E-state index contributed by atoms with van der Waals surface area (Å²) in [6.45, 7) is 10.4. The minimum absolute atomic E-state index is 0.821. The molecule has 2 aromatic rings. The number of hydrogen-bond donors (Lipinski definition) is 0. The molecule has 1 aromatic carbocycles. The maximum absolute atomic E-state index is 5.35. The van der Waals surface area contributed by atoms with Crippen LogP contribution < -0.4 is 0 Å². The van der Waals surface area contributed by atoms with E-state index in [4.69, 9.17) is 12.2 Å². The quantitative estimate of drug-likeness (QED) is 0.802. The number of aromatic nitrogens is 2. The lowest BCUT2D eigenvalue weighted by molar-refractivity contribution is 0.0983. The van der Waals surface area contributed by atoms with Crippen LogP contribution in [0.15, 0.2) is 24.3 Å². The molecule has 2 heterocycles. The van der Waals surface area contributed by atoms with Crippen LogP contribution in [0.25, 0.3) is 0 Å². The number of benzene rings is 1. The fraction of sp³-hybridized carbons (Fsp3) is 0.500. The van der Waals surface area contributed by atoms with Crippen LogP contribution in [-0.2, 0) is 13.2 Å². The highest BCUT2D eigenvalue weighted by atomic mass is 32.1. The van der Waals surface area contributed by atoms with Crippen LogP contribution in [-0.4, -0.2) is 45.8 Å². The molecule has 0 bridgehead atoms. The summed E-state index contributed by atoms with van der Waals surface area (Å²) in [5.74, 6) is 0. The lowest BCUT2D eigenvalue weighted by Gasteiger charge is -2.34. The molecule has 0 spiro atoms. The Morgan fingerprint density at radius 2 is 1.86 bits per heavy atom. The molecule has 4 nitrogen and oxygen atoms in total. The zero-order valence-corrected chi connectivity index (χ0v) is 14.8. The second-order valence-electron chi connectivity index (χ2n) is 5.91. The van der Waals surface area contributed by atoms with Crippen LogP contribution in [0.4, 0.5) is 0 Å². The third-order valence-electron chi connectivity index (χ3n) is 3.99. The first-order valence-electron chi connectivity index (χ1n) is 7.65. The van der Waals surface area contributed by atoms with Crippen molar-refractivity contribution in [1.29, 1.82) is 0 Å². The Kier molecular flexibility index (Phi) is 5.03. The molecule has 6 heteroatoms. The molecule has 1 saturated heterocycles. The Morgan fingerprint density at radius 3 is 2.50 bits per heavy atom. The highest BCUT2D eigenvalue weighted by molar-refractivity contribution is 7.73. The van der Waals surface area contributed by atoms with Crippen LogP contribution in [0.5, 0.6) is 0 Å². The maximum Gasteiger partial charge on any atom is 0.180 e.